The molecule has 1 aromatic carbocycles. The fourth-order valence-electron chi connectivity index (χ4n) is 2.80. The Morgan fingerprint density at radius 2 is 2.05 bits per heavy atom. The fraction of sp³-hybridized carbons (Fsp3) is 0.556. The van der Waals surface area contributed by atoms with E-state index >= 15 is 0 Å². The molecule has 0 aliphatic heterocycles. The van der Waals surface area contributed by atoms with Crippen LogP contribution in [0.3, 0.4) is 0 Å². The van der Waals surface area contributed by atoms with Crippen molar-refractivity contribution in [3.8, 4) is 17.6 Å². The van der Waals surface area contributed by atoms with Crippen LogP contribution in [-0.4, -0.2) is 12.6 Å². The minimum Gasteiger partial charge on any atom is -0.490 e. The Morgan fingerprint density at radius 3 is 2.70 bits per heavy atom. The Morgan fingerprint density at radius 1 is 1.25 bits per heavy atom. The molecule has 2 rings (SSSR count). The van der Waals surface area contributed by atoms with E-state index in [1.54, 1.807) is 0 Å². The summed E-state index contributed by atoms with van der Waals surface area (Å²) in [5.74, 6) is 8.51. The largest absolute Gasteiger partial charge is 0.490 e. The Labute approximate surface area is 122 Å². The average Bonchev–Trinajstić information content (AvgIpc) is 2.43. The summed E-state index contributed by atoms with van der Waals surface area (Å²) in [6.45, 7) is 7.16. The predicted molar refractivity (Wildman–Crippen MR) is 83.7 cm³/mol. The number of rotatable bonds is 2. The molecular formula is C18H25NO. The highest BCUT2D eigenvalue weighted by Gasteiger charge is 2.25. The standard InChI is InChI=1S/C18H25NO/c1-13-6-8-17(12-14(13)2)20-18-9-7-16(5-4-10-19)11-15(18)3/h7,9,11,13-14,17H,6,8,10,12,19H2,1-3H3. The van der Waals surface area contributed by atoms with Gasteiger partial charge in [-0.1, -0.05) is 25.7 Å². The molecule has 1 aliphatic carbocycles. The molecule has 0 radical (unpaired) electrons. The van der Waals surface area contributed by atoms with Crippen molar-refractivity contribution in [1.29, 1.82) is 0 Å². The van der Waals surface area contributed by atoms with Gasteiger partial charge in [0, 0.05) is 5.56 Å². The second kappa shape index (κ2) is 6.81. The van der Waals surface area contributed by atoms with E-state index in [4.69, 9.17) is 10.5 Å². The molecular weight excluding hydrogens is 246 g/mol. The summed E-state index contributed by atoms with van der Waals surface area (Å²) in [6.07, 6.45) is 3.96. The molecule has 1 fully saturated rings. The Hall–Kier alpha value is -1.46. The maximum atomic E-state index is 6.19. The second-order valence-electron chi connectivity index (χ2n) is 5.99. The molecule has 3 atom stereocenters. The third kappa shape index (κ3) is 3.77. The van der Waals surface area contributed by atoms with Gasteiger partial charge in [0.25, 0.3) is 0 Å². The predicted octanol–water partition coefficient (Wildman–Crippen LogP) is 3.51. The summed E-state index contributed by atoms with van der Waals surface area (Å²) in [7, 11) is 0. The summed E-state index contributed by atoms with van der Waals surface area (Å²) in [6, 6.07) is 6.13. The van der Waals surface area contributed by atoms with Crippen molar-refractivity contribution in [1.82, 2.24) is 0 Å². The van der Waals surface area contributed by atoms with Crippen molar-refractivity contribution < 1.29 is 4.74 Å². The molecule has 1 saturated carbocycles. The SMILES string of the molecule is Cc1cc(C#CCN)ccc1OC1CCC(C)C(C)C1. The highest BCUT2D eigenvalue weighted by Crippen LogP contribution is 2.32. The van der Waals surface area contributed by atoms with Gasteiger partial charge in [-0.15, -0.1) is 0 Å². The van der Waals surface area contributed by atoms with Crippen LogP contribution in [0.25, 0.3) is 0 Å². The third-order valence-corrected chi connectivity index (χ3v) is 4.35. The van der Waals surface area contributed by atoms with E-state index in [-0.39, 0.29) is 0 Å². The quantitative estimate of drug-likeness (QED) is 0.835. The summed E-state index contributed by atoms with van der Waals surface area (Å²) < 4.78 is 6.19. The smallest absolute Gasteiger partial charge is 0.122 e. The number of benzene rings is 1. The minimum absolute atomic E-state index is 0.362. The molecule has 3 unspecified atom stereocenters. The molecule has 0 aromatic heterocycles. The molecule has 0 spiro atoms. The van der Waals surface area contributed by atoms with E-state index in [1.807, 2.05) is 12.1 Å². The maximum Gasteiger partial charge on any atom is 0.122 e. The highest BCUT2D eigenvalue weighted by atomic mass is 16.5. The summed E-state index contributed by atoms with van der Waals surface area (Å²) in [5, 5.41) is 0. The van der Waals surface area contributed by atoms with Crippen LogP contribution in [0.4, 0.5) is 0 Å². The molecule has 2 N–H and O–H groups in total. The van der Waals surface area contributed by atoms with Gasteiger partial charge in [-0.05, 0) is 61.8 Å². The number of ether oxygens (including phenoxy) is 1. The van der Waals surface area contributed by atoms with E-state index in [1.165, 1.54) is 12.8 Å². The zero-order valence-corrected chi connectivity index (χ0v) is 12.8. The van der Waals surface area contributed by atoms with Gasteiger partial charge in [-0.2, -0.15) is 0 Å². The van der Waals surface area contributed by atoms with Gasteiger partial charge in [0.2, 0.25) is 0 Å². The van der Waals surface area contributed by atoms with E-state index in [2.05, 4.69) is 38.7 Å². The second-order valence-corrected chi connectivity index (χ2v) is 5.99. The normalized spacial score (nSPS) is 25.7. The number of hydrogen-bond donors (Lipinski definition) is 1. The molecule has 0 bridgehead atoms. The van der Waals surface area contributed by atoms with Crippen LogP contribution in [-0.2, 0) is 0 Å². The van der Waals surface area contributed by atoms with Crippen molar-refractivity contribution in [3.05, 3.63) is 29.3 Å². The lowest BCUT2D eigenvalue weighted by Crippen LogP contribution is -2.28. The first-order valence-corrected chi connectivity index (χ1v) is 7.56. The molecule has 0 heterocycles. The van der Waals surface area contributed by atoms with Gasteiger partial charge in [-0.3, -0.25) is 0 Å². The lowest BCUT2D eigenvalue weighted by molar-refractivity contribution is 0.1000. The fourth-order valence-corrected chi connectivity index (χ4v) is 2.80. The van der Waals surface area contributed by atoms with E-state index in [0.717, 1.165) is 35.1 Å². The van der Waals surface area contributed by atoms with E-state index in [0.29, 0.717) is 12.6 Å². The average molecular weight is 271 g/mol. The Balaban J connectivity index is 2.03. The maximum absolute atomic E-state index is 6.19. The molecule has 0 amide bonds. The number of nitrogens with two attached hydrogens (primary N) is 1. The van der Waals surface area contributed by atoms with Crippen molar-refractivity contribution in [2.45, 2.75) is 46.1 Å². The zero-order chi connectivity index (χ0) is 14.5. The van der Waals surface area contributed by atoms with Gasteiger partial charge in [0.05, 0.1) is 12.6 Å². The highest BCUT2D eigenvalue weighted by molar-refractivity contribution is 5.43. The first kappa shape index (κ1) is 14.9. The molecule has 0 saturated heterocycles. The lowest BCUT2D eigenvalue weighted by atomic mass is 9.80. The van der Waals surface area contributed by atoms with Gasteiger partial charge in [-0.25, -0.2) is 0 Å². The van der Waals surface area contributed by atoms with Crippen LogP contribution in [0.1, 0.15) is 44.2 Å². The first-order valence-electron chi connectivity index (χ1n) is 7.56. The van der Waals surface area contributed by atoms with Crippen LogP contribution >= 0.6 is 0 Å². The van der Waals surface area contributed by atoms with Crippen LogP contribution in [0.2, 0.25) is 0 Å². The zero-order valence-electron chi connectivity index (χ0n) is 12.8. The molecule has 2 nitrogen and oxygen atoms in total. The van der Waals surface area contributed by atoms with Gasteiger partial charge in [0.1, 0.15) is 5.75 Å². The van der Waals surface area contributed by atoms with Crippen LogP contribution < -0.4 is 10.5 Å². The van der Waals surface area contributed by atoms with Crippen molar-refractivity contribution in [2.24, 2.45) is 17.6 Å². The Bertz CT molecular complexity index is 512. The molecule has 2 heteroatoms. The third-order valence-electron chi connectivity index (χ3n) is 4.35. The lowest BCUT2D eigenvalue weighted by Gasteiger charge is -2.32. The first-order chi connectivity index (χ1) is 9.60. The molecule has 1 aliphatic rings. The van der Waals surface area contributed by atoms with E-state index in [9.17, 15) is 0 Å². The monoisotopic (exact) mass is 271 g/mol. The summed E-state index contributed by atoms with van der Waals surface area (Å²) in [4.78, 5) is 0. The van der Waals surface area contributed by atoms with Crippen LogP contribution in [0.15, 0.2) is 18.2 Å². The molecule has 108 valence electrons. The van der Waals surface area contributed by atoms with Crippen LogP contribution in [0, 0.1) is 30.6 Å². The van der Waals surface area contributed by atoms with Crippen molar-refractivity contribution in [3.63, 3.8) is 0 Å². The van der Waals surface area contributed by atoms with Crippen molar-refractivity contribution >= 4 is 0 Å². The molecule has 20 heavy (non-hydrogen) atoms. The topological polar surface area (TPSA) is 35.2 Å². The Kier molecular flexibility index (Phi) is 5.09. The van der Waals surface area contributed by atoms with Gasteiger partial charge in [0.15, 0.2) is 0 Å². The number of hydrogen-bond acceptors (Lipinski definition) is 2. The van der Waals surface area contributed by atoms with Gasteiger partial charge < -0.3 is 10.5 Å². The van der Waals surface area contributed by atoms with Crippen LogP contribution in [0.5, 0.6) is 5.75 Å². The summed E-state index contributed by atoms with van der Waals surface area (Å²) >= 11 is 0. The number of aryl methyl sites for hydroxylation is 1. The van der Waals surface area contributed by atoms with E-state index < -0.39 is 0 Å². The summed E-state index contributed by atoms with van der Waals surface area (Å²) in [5.41, 5.74) is 7.55. The minimum atomic E-state index is 0.362. The van der Waals surface area contributed by atoms with Gasteiger partial charge >= 0.3 is 0 Å². The van der Waals surface area contributed by atoms with Crippen molar-refractivity contribution in [2.75, 3.05) is 6.54 Å². The molecule has 1 aromatic rings.